The summed E-state index contributed by atoms with van der Waals surface area (Å²) < 4.78 is 1.45. The van der Waals surface area contributed by atoms with E-state index in [0.29, 0.717) is 0 Å². The quantitative estimate of drug-likeness (QED) is 0.821. The molecule has 0 saturated carbocycles. The number of benzene rings is 1. The number of anilines is 2. The van der Waals surface area contributed by atoms with Gasteiger partial charge in [0.05, 0.1) is 11.4 Å². The van der Waals surface area contributed by atoms with Crippen LogP contribution in [0.25, 0.3) is 0 Å². The lowest BCUT2D eigenvalue weighted by Gasteiger charge is -2.28. The zero-order valence-corrected chi connectivity index (χ0v) is 12.2. The van der Waals surface area contributed by atoms with Gasteiger partial charge in [-0.1, -0.05) is 12.1 Å². The van der Waals surface area contributed by atoms with Crippen LogP contribution in [0.3, 0.4) is 0 Å². The average Bonchev–Trinajstić information content (AvgIpc) is 2.94. The summed E-state index contributed by atoms with van der Waals surface area (Å²) in [6.07, 6.45) is 2.38. The number of carbonyl (C=O) groups is 1. The average molecular weight is 286 g/mol. The second-order valence-electron chi connectivity index (χ2n) is 5.32. The molecule has 1 atom stereocenters. The Balaban J connectivity index is 1.95. The molecule has 0 bridgehead atoms. The normalized spacial score (nSPS) is 18.3. The van der Waals surface area contributed by atoms with Gasteiger partial charge in [0.2, 0.25) is 5.91 Å². The van der Waals surface area contributed by atoms with Crippen LogP contribution in [0.2, 0.25) is 0 Å². The molecule has 0 N–H and O–H groups in total. The predicted molar refractivity (Wildman–Crippen MR) is 79.1 cm³/mol. The highest BCUT2D eigenvalue weighted by atomic mass is 16.2. The Kier molecular flexibility index (Phi) is 3.55. The molecule has 7 nitrogen and oxygen atoms in total. The molecule has 0 radical (unpaired) electrons. The highest BCUT2D eigenvalue weighted by Crippen LogP contribution is 2.33. The summed E-state index contributed by atoms with van der Waals surface area (Å²) in [5, 5.41) is 10.9. The van der Waals surface area contributed by atoms with Crippen molar-refractivity contribution in [2.75, 3.05) is 23.4 Å². The summed E-state index contributed by atoms with van der Waals surface area (Å²) >= 11 is 0. The van der Waals surface area contributed by atoms with Crippen molar-refractivity contribution in [3.05, 3.63) is 30.6 Å². The SMILES string of the molecule is C[C@H]1CCN(C)c2ccccc2N1C(=O)Cn1cnnn1. The van der Waals surface area contributed by atoms with E-state index in [1.807, 2.05) is 29.2 Å². The van der Waals surface area contributed by atoms with Gasteiger partial charge in [0, 0.05) is 19.6 Å². The first kappa shape index (κ1) is 13.5. The van der Waals surface area contributed by atoms with Crippen molar-refractivity contribution in [3.8, 4) is 0 Å². The highest BCUT2D eigenvalue weighted by molar-refractivity contribution is 5.97. The van der Waals surface area contributed by atoms with E-state index in [9.17, 15) is 4.79 Å². The molecule has 0 fully saturated rings. The molecular formula is C14H18N6O. The van der Waals surface area contributed by atoms with Gasteiger partial charge >= 0.3 is 0 Å². The molecule has 0 aliphatic carbocycles. The minimum Gasteiger partial charge on any atom is -0.373 e. The van der Waals surface area contributed by atoms with Gasteiger partial charge in [-0.3, -0.25) is 4.79 Å². The van der Waals surface area contributed by atoms with Crippen molar-refractivity contribution in [2.24, 2.45) is 0 Å². The molecule has 1 aromatic carbocycles. The number of hydrogen-bond acceptors (Lipinski definition) is 5. The number of fused-ring (bicyclic) bond motifs is 1. The van der Waals surface area contributed by atoms with Crippen LogP contribution in [0.4, 0.5) is 11.4 Å². The van der Waals surface area contributed by atoms with E-state index >= 15 is 0 Å². The molecule has 0 spiro atoms. The fourth-order valence-corrected chi connectivity index (χ4v) is 2.71. The Bertz CT molecular complexity index is 626. The number of amides is 1. The lowest BCUT2D eigenvalue weighted by atomic mass is 10.2. The number of nitrogens with zero attached hydrogens (tertiary/aromatic N) is 6. The fourth-order valence-electron chi connectivity index (χ4n) is 2.71. The predicted octanol–water partition coefficient (Wildman–Crippen LogP) is 0.935. The molecule has 110 valence electrons. The monoisotopic (exact) mass is 286 g/mol. The minimum absolute atomic E-state index is 0.00227. The Morgan fingerprint density at radius 3 is 2.81 bits per heavy atom. The fraction of sp³-hybridized carbons (Fsp3) is 0.429. The van der Waals surface area contributed by atoms with E-state index in [1.165, 1.54) is 11.0 Å². The number of para-hydroxylation sites is 2. The molecule has 1 aliphatic heterocycles. The number of tetrazole rings is 1. The third-order valence-corrected chi connectivity index (χ3v) is 3.83. The molecule has 21 heavy (non-hydrogen) atoms. The van der Waals surface area contributed by atoms with Crippen LogP contribution >= 0.6 is 0 Å². The third-order valence-electron chi connectivity index (χ3n) is 3.83. The Hall–Kier alpha value is -2.44. The van der Waals surface area contributed by atoms with Gasteiger partial charge < -0.3 is 9.80 Å². The molecule has 1 aliphatic rings. The molecule has 1 aromatic heterocycles. The van der Waals surface area contributed by atoms with E-state index in [4.69, 9.17) is 0 Å². The lowest BCUT2D eigenvalue weighted by Crippen LogP contribution is -2.40. The van der Waals surface area contributed by atoms with Gasteiger partial charge in [0.15, 0.2) is 0 Å². The van der Waals surface area contributed by atoms with Gasteiger partial charge in [0.25, 0.3) is 0 Å². The van der Waals surface area contributed by atoms with E-state index in [1.54, 1.807) is 0 Å². The van der Waals surface area contributed by atoms with Crippen molar-refractivity contribution < 1.29 is 4.79 Å². The van der Waals surface area contributed by atoms with Gasteiger partial charge in [-0.2, -0.15) is 0 Å². The van der Waals surface area contributed by atoms with Crippen LogP contribution in [0.15, 0.2) is 30.6 Å². The largest absolute Gasteiger partial charge is 0.373 e. The molecule has 1 amide bonds. The maximum absolute atomic E-state index is 12.7. The second kappa shape index (κ2) is 5.51. The number of carbonyl (C=O) groups excluding carboxylic acids is 1. The first-order valence-corrected chi connectivity index (χ1v) is 7.00. The summed E-state index contributed by atoms with van der Waals surface area (Å²) in [5.41, 5.74) is 2.02. The summed E-state index contributed by atoms with van der Waals surface area (Å²) in [5.74, 6) is -0.00227. The van der Waals surface area contributed by atoms with Crippen LogP contribution in [0.5, 0.6) is 0 Å². The summed E-state index contributed by atoms with van der Waals surface area (Å²) in [6.45, 7) is 3.15. The van der Waals surface area contributed by atoms with Gasteiger partial charge in [-0.15, -0.1) is 5.10 Å². The van der Waals surface area contributed by atoms with Crippen molar-refractivity contribution in [1.82, 2.24) is 20.2 Å². The number of aromatic nitrogens is 4. The van der Waals surface area contributed by atoms with Crippen molar-refractivity contribution >= 4 is 17.3 Å². The summed E-state index contributed by atoms with van der Waals surface area (Å²) in [6, 6.07) is 8.13. The second-order valence-corrected chi connectivity index (χ2v) is 5.32. The van der Waals surface area contributed by atoms with Crippen LogP contribution in [-0.4, -0.2) is 45.7 Å². The third kappa shape index (κ3) is 2.58. The zero-order chi connectivity index (χ0) is 14.8. The van der Waals surface area contributed by atoms with E-state index in [2.05, 4.69) is 34.4 Å². The first-order chi connectivity index (χ1) is 10.2. The maximum Gasteiger partial charge on any atom is 0.249 e. The molecule has 7 heteroatoms. The van der Waals surface area contributed by atoms with Crippen LogP contribution in [-0.2, 0) is 11.3 Å². The lowest BCUT2D eigenvalue weighted by molar-refractivity contribution is -0.119. The number of rotatable bonds is 2. The van der Waals surface area contributed by atoms with Crippen LogP contribution in [0, 0.1) is 0 Å². The highest BCUT2D eigenvalue weighted by Gasteiger charge is 2.28. The van der Waals surface area contributed by atoms with E-state index in [0.717, 1.165) is 24.3 Å². The molecule has 2 heterocycles. The summed E-state index contributed by atoms with van der Waals surface area (Å²) in [4.78, 5) is 16.7. The Morgan fingerprint density at radius 1 is 1.33 bits per heavy atom. The van der Waals surface area contributed by atoms with Crippen LogP contribution in [0.1, 0.15) is 13.3 Å². The Morgan fingerprint density at radius 2 is 2.10 bits per heavy atom. The van der Waals surface area contributed by atoms with Gasteiger partial charge in [-0.05, 0) is 35.9 Å². The standard InChI is InChI=1S/C14H18N6O/c1-11-7-8-18(2)12-5-3-4-6-13(12)20(11)14(21)9-19-10-15-16-17-19/h3-6,10-11H,7-9H2,1-2H3/t11-/m0/s1. The topological polar surface area (TPSA) is 67.2 Å². The van der Waals surface area contributed by atoms with Crippen molar-refractivity contribution in [2.45, 2.75) is 25.9 Å². The Labute approximate surface area is 123 Å². The molecule has 0 unspecified atom stereocenters. The maximum atomic E-state index is 12.7. The first-order valence-electron chi connectivity index (χ1n) is 7.00. The minimum atomic E-state index is -0.00227. The van der Waals surface area contributed by atoms with Gasteiger partial charge in [-0.25, -0.2) is 4.68 Å². The van der Waals surface area contributed by atoms with Crippen molar-refractivity contribution in [1.29, 1.82) is 0 Å². The smallest absolute Gasteiger partial charge is 0.249 e. The van der Waals surface area contributed by atoms with E-state index in [-0.39, 0.29) is 18.5 Å². The number of hydrogen-bond donors (Lipinski definition) is 0. The molecular weight excluding hydrogens is 268 g/mol. The van der Waals surface area contributed by atoms with Crippen molar-refractivity contribution in [3.63, 3.8) is 0 Å². The van der Waals surface area contributed by atoms with Crippen LogP contribution < -0.4 is 9.80 Å². The molecule has 2 aromatic rings. The molecule has 3 rings (SSSR count). The van der Waals surface area contributed by atoms with E-state index < -0.39 is 0 Å². The molecule has 0 saturated heterocycles. The summed E-state index contributed by atoms with van der Waals surface area (Å²) in [7, 11) is 2.06. The zero-order valence-electron chi connectivity index (χ0n) is 12.2. The van der Waals surface area contributed by atoms with Gasteiger partial charge in [0.1, 0.15) is 12.9 Å².